The van der Waals surface area contributed by atoms with E-state index >= 15 is 0 Å². The zero-order chi connectivity index (χ0) is 13.7. The van der Waals surface area contributed by atoms with Gasteiger partial charge in [0.05, 0.1) is 6.61 Å². The summed E-state index contributed by atoms with van der Waals surface area (Å²) in [4.78, 5) is 0. The van der Waals surface area contributed by atoms with Crippen molar-refractivity contribution in [3.05, 3.63) is 28.2 Å². The zero-order valence-corrected chi connectivity index (χ0v) is 13.3. The highest BCUT2D eigenvalue weighted by Crippen LogP contribution is 2.27. The molecule has 19 heavy (non-hydrogen) atoms. The maximum atomic E-state index is 5.96. The van der Waals surface area contributed by atoms with Gasteiger partial charge in [-0.2, -0.15) is 0 Å². The third-order valence-electron chi connectivity index (χ3n) is 3.77. The van der Waals surface area contributed by atoms with Gasteiger partial charge in [0.2, 0.25) is 0 Å². The van der Waals surface area contributed by atoms with Gasteiger partial charge >= 0.3 is 0 Å². The van der Waals surface area contributed by atoms with E-state index in [1.165, 1.54) is 37.7 Å². The van der Waals surface area contributed by atoms with Crippen molar-refractivity contribution in [1.29, 1.82) is 0 Å². The summed E-state index contributed by atoms with van der Waals surface area (Å²) in [5, 5.41) is 0. The second kappa shape index (κ2) is 7.30. The van der Waals surface area contributed by atoms with Crippen LogP contribution in [-0.2, 0) is 6.42 Å². The molecule has 0 saturated heterocycles. The van der Waals surface area contributed by atoms with E-state index in [4.69, 9.17) is 10.5 Å². The Morgan fingerprint density at radius 2 is 2.05 bits per heavy atom. The molecule has 1 atom stereocenters. The lowest BCUT2D eigenvalue weighted by Crippen LogP contribution is -2.18. The van der Waals surface area contributed by atoms with E-state index in [1.54, 1.807) is 0 Å². The maximum Gasteiger partial charge on any atom is 0.119 e. The molecule has 1 fully saturated rings. The second-order valence-electron chi connectivity index (χ2n) is 5.75. The largest absolute Gasteiger partial charge is 0.493 e. The van der Waals surface area contributed by atoms with Crippen LogP contribution in [0.5, 0.6) is 5.75 Å². The van der Waals surface area contributed by atoms with Crippen molar-refractivity contribution < 1.29 is 4.74 Å². The summed E-state index contributed by atoms with van der Waals surface area (Å²) in [5.74, 6) is 1.72. The molecule has 0 aliphatic heterocycles. The van der Waals surface area contributed by atoms with Crippen LogP contribution in [0.3, 0.4) is 0 Å². The number of nitrogens with two attached hydrogens (primary N) is 1. The summed E-state index contributed by atoms with van der Waals surface area (Å²) in [5.41, 5.74) is 7.11. The molecule has 2 nitrogen and oxygen atoms in total. The van der Waals surface area contributed by atoms with E-state index in [0.29, 0.717) is 0 Å². The van der Waals surface area contributed by atoms with E-state index in [2.05, 4.69) is 28.1 Å². The van der Waals surface area contributed by atoms with Crippen molar-refractivity contribution in [2.75, 3.05) is 6.61 Å². The molecule has 0 aromatic heterocycles. The molecule has 1 unspecified atom stereocenters. The molecule has 1 aliphatic rings. The average molecular weight is 326 g/mol. The SMILES string of the molecule is CC(N)Cc1cc(OCC2CCCCC2)ccc1Br. The van der Waals surface area contributed by atoms with Crippen LogP contribution >= 0.6 is 15.9 Å². The lowest BCUT2D eigenvalue weighted by molar-refractivity contribution is 0.208. The highest BCUT2D eigenvalue weighted by Gasteiger charge is 2.14. The van der Waals surface area contributed by atoms with Gasteiger partial charge in [-0.3, -0.25) is 0 Å². The Bertz CT molecular complexity index is 400. The molecule has 1 aromatic carbocycles. The first-order valence-electron chi connectivity index (χ1n) is 7.32. The summed E-state index contributed by atoms with van der Waals surface area (Å²) >= 11 is 3.58. The Kier molecular flexibility index (Phi) is 5.71. The quantitative estimate of drug-likeness (QED) is 0.876. The van der Waals surface area contributed by atoms with E-state index < -0.39 is 0 Å². The monoisotopic (exact) mass is 325 g/mol. The van der Waals surface area contributed by atoms with Gasteiger partial charge in [0, 0.05) is 10.5 Å². The summed E-state index contributed by atoms with van der Waals surface area (Å²) in [7, 11) is 0. The van der Waals surface area contributed by atoms with Crippen molar-refractivity contribution in [1.82, 2.24) is 0 Å². The van der Waals surface area contributed by atoms with Crippen molar-refractivity contribution in [2.24, 2.45) is 11.7 Å². The lowest BCUT2D eigenvalue weighted by atomic mass is 9.90. The highest BCUT2D eigenvalue weighted by atomic mass is 79.9. The van der Waals surface area contributed by atoms with Gasteiger partial charge in [0.25, 0.3) is 0 Å². The Morgan fingerprint density at radius 1 is 1.32 bits per heavy atom. The number of rotatable bonds is 5. The predicted molar refractivity (Wildman–Crippen MR) is 83.6 cm³/mol. The smallest absolute Gasteiger partial charge is 0.119 e. The molecule has 0 bridgehead atoms. The van der Waals surface area contributed by atoms with Crippen LogP contribution in [0.2, 0.25) is 0 Å². The lowest BCUT2D eigenvalue weighted by Gasteiger charge is -2.22. The van der Waals surface area contributed by atoms with Crippen LogP contribution in [-0.4, -0.2) is 12.6 Å². The Hall–Kier alpha value is -0.540. The van der Waals surface area contributed by atoms with Crippen molar-refractivity contribution in [2.45, 2.75) is 51.5 Å². The predicted octanol–water partition coefficient (Wildman–Crippen LogP) is 4.30. The normalized spacial score (nSPS) is 18.3. The number of hydrogen-bond donors (Lipinski definition) is 1. The molecule has 1 saturated carbocycles. The molecule has 1 aliphatic carbocycles. The molecule has 2 N–H and O–H groups in total. The topological polar surface area (TPSA) is 35.2 Å². The van der Waals surface area contributed by atoms with Gasteiger partial charge in [0.15, 0.2) is 0 Å². The maximum absolute atomic E-state index is 5.96. The Labute approximate surface area is 124 Å². The molecule has 2 rings (SSSR count). The van der Waals surface area contributed by atoms with Crippen LogP contribution in [0.1, 0.15) is 44.6 Å². The van der Waals surface area contributed by atoms with Gasteiger partial charge in [-0.15, -0.1) is 0 Å². The van der Waals surface area contributed by atoms with Crippen LogP contribution < -0.4 is 10.5 Å². The van der Waals surface area contributed by atoms with Crippen molar-refractivity contribution in [3.63, 3.8) is 0 Å². The minimum atomic E-state index is 0.171. The third-order valence-corrected chi connectivity index (χ3v) is 4.54. The molecule has 1 aromatic rings. The second-order valence-corrected chi connectivity index (χ2v) is 6.60. The minimum Gasteiger partial charge on any atom is -0.493 e. The summed E-state index contributed by atoms with van der Waals surface area (Å²) in [6, 6.07) is 6.40. The van der Waals surface area contributed by atoms with Gasteiger partial charge < -0.3 is 10.5 Å². The third kappa shape index (κ3) is 4.81. The molecular formula is C16H24BrNO. The molecule has 0 amide bonds. The van der Waals surface area contributed by atoms with Gasteiger partial charge in [-0.1, -0.05) is 35.2 Å². The molecule has 0 radical (unpaired) electrons. The van der Waals surface area contributed by atoms with Crippen LogP contribution in [0, 0.1) is 5.92 Å². The first-order valence-corrected chi connectivity index (χ1v) is 8.11. The van der Waals surface area contributed by atoms with Crippen LogP contribution in [0.25, 0.3) is 0 Å². The van der Waals surface area contributed by atoms with Crippen LogP contribution in [0.15, 0.2) is 22.7 Å². The van der Waals surface area contributed by atoms with Crippen molar-refractivity contribution >= 4 is 15.9 Å². The summed E-state index contributed by atoms with van der Waals surface area (Å²) in [6.07, 6.45) is 7.65. The van der Waals surface area contributed by atoms with Gasteiger partial charge in [-0.05, 0) is 55.9 Å². The number of ether oxygens (including phenoxy) is 1. The van der Waals surface area contributed by atoms with E-state index in [9.17, 15) is 0 Å². The fraction of sp³-hybridized carbons (Fsp3) is 0.625. The first-order chi connectivity index (χ1) is 9.15. The molecule has 0 heterocycles. The summed E-state index contributed by atoms with van der Waals surface area (Å²) < 4.78 is 7.08. The van der Waals surface area contributed by atoms with Gasteiger partial charge in [-0.25, -0.2) is 0 Å². The first kappa shape index (κ1) is 14.9. The van der Waals surface area contributed by atoms with E-state index in [0.717, 1.165) is 29.2 Å². The molecule has 3 heteroatoms. The fourth-order valence-electron chi connectivity index (χ4n) is 2.71. The number of benzene rings is 1. The average Bonchev–Trinajstić information content (AvgIpc) is 2.40. The molecule has 0 spiro atoms. The zero-order valence-electron chi connectivity index (χ0n) is 11.7. The van der Waals surface area contributed by atoms with E-state index in [1.807, 2.05) is 13.0 Å². The fourth-order valence-corrected chi connectivity index (χ4v) is 3.12. The number of hydrogen-bond acceptors (Lipinski definition) is 2. The van der Waals surface area contributed by atoms with Crippen LogP contribution in [0.4, 0.5) is 0 Å². The van der Waals surface area contributed by atoms with Gasteiger partial charge in [0.1, 0.15) is 5.75 Å². The standard InChI is InChI=1S/C16H24BrNO/c1-12(18)9-14-10-15(7-8-16(14)17)19-11-13-5-3-2-4-6-13/h7-8,10,12-13H,2-6,9,11,18H2,1H3. The Balaban J connectivity index is 1.92. The number of halogens is 1. The van der Waals surface area contributed by atoms with E-state index in [-0.39, 0.29) is 6.04 Å². The minimum absolute atomic E-state index is 0.171. The Morgan fingerprint density at radius 3 is 2.74 bits per heavy atom. The molecule has 106 valence electrons. The van der Waals surface area contributed by atoms with Crippen molar-refractivity contribution in [3.8, 4) is 5.75 Å². The summed E-state index contributed by atoms with van der Waals surface area (Å²) in [6.45, 7) is 2.89. The molecular weight excluding hydrogens is 302 g/mol. The highest BCUT2D eigenvalue weighted by molar-refractivity contribution is 9.10.